The van der Waals surface area contributed by atoms with Gasteiger partial charge in [-0.1, -0.05) is 18.2 Å². The Bertz CT molecular complexity index is 1100. The Kier molecular flexibility index (Phi) is 8.25. The van der Waals surface area contributed by atoms with E-state index in [4.69, 9.17) is 18.9 Å². The minimum Gasteiger partial charge on any atom is -0.480 e. The van der Waals surface area contributed by atoms with Crippen molar-refractivity contribution in [1.82, 2.24) is 4.90 Å². The summed E-state index contributed by atoms with van der Waals surface area (Å²) < 4.78 is 18.1. The molecule has 37 heavy (non-hydrogen) atoms. The summed E-state index contributed by atoms with van der Waals surface area (Å²) in [6.45, 7) is 2.49. The number of carboxylic acids is 1. The average molecular weight is 541 g/mol. The summed E-state index contributed by atoms with van der Waals surface area (Å²) in [5.74, 6) is -4.50. The molecule has 0 bridgehead atoms. The Morgan fingerprint density at radius 1 is 1.14 bits per heavy atom. The van der Waals surface area contributed by atoms with Gasteiger partial charge in [-0.25, -0.2) is 4.79 Å². The van der Waals surface area contributed by atoms with Crippen LogP contribution in [0.1, 0.15) is 32.6 Å². The zero-order chi connectivity index (χ0) is 27.5. The average Bonchev–Trinajstić information content (AvgIpc) is 3.10. The number of hydrogen-bond acceptors (Lipinski definition) is 12. The first kappa shape index (κ1) is 27.7. The lowest BCUT2D eigenvalue weighted by atomic mass is 9.88. The molecule has 1 amide bonds. The van der Waals surface area contributed by atoms with Gasteiger partial charge in [0.2, 0.25) is 5.91 Å². The van der Waals surface area contributed by atoms with Crippen molar-refractivity contribution in [1.29, 1.82) is 0 Å². The van der Waals surface area contributed by atoms with Gasteiger partial charge in [0.15, 0.2) is 4.75 Å². The lowest BCUT2D eigenvalue weighted by Gasteiger charge is -2.46. The number of nitrogens with zero attached hydrogens (tertiary/aromatic N) is 2. The number of amides is 1. The first-order chi connectivity index (χ1) is 17.4. The van der Waals surface area contributed by atoms with E-state index >= 15 is 0 Å². The van der Waals surface area contributed by atoms with Gasteiger partial charge in [-0.05, 0) is 19.1 Å². The van der Waals surface area contributed by atoms with Gasteiger partial charge in [0.05, 0.1) is 21.9 Å². The molecule has 200 valence electrons. The maximum atomic E-state index is 13.1. The Labute approximate surface area is 214 Å². The van der Waals surface area contributed by atoms with Crippen molar-refractivity contribution in [2.45, 2.75) is 49.3 Å². The zero-order valence-corrected chi connectivity index (χ0v) is 20.7. The van der Waals surface area contributed by atoms with Gasteiger partial charge in [0.25, 0.3) is 0 Å². The van der Waals surface area contributed by atoms with E-state index in [0.29, 0.717) is 0 Å². The second-order valence-corrected chi connectivity index (χ2v) is 9.76. The largest absolute Gasteiger partial charge is 0.514 e. The predicted molar refractivity (Wildman–Crippen MR) is 122 cm³/mol. The van der Waals surface area contributed by atoms with Crippen LogP contribution >= 0.6 is 11.8 Å². The summed E-state index contributed by atoms with van der Waals surface area (Å²) in [6, 6.07) is 6.29. The van der Waals surface area contributed by atoms with Crippen LogP contribution in [0, 0.1) is 16.0 Å². The van der Waals surface area contributed by atoms with Crippen LogP contribution in [0.15, 0.2) is 30.3 Å². The highest BCUT2D eigenvalue weighted by atomic mass is 32.2. The molecule has 2 heterocycles. The third-order valence-electron chi connectivity index (χ3n) is 5.89. The fourth-order valence-electron chi connectivity index (χ4n) is 4.12. The third-order valence-corrected chi connectivity index (χ3v) is 7.64. The summed E-state index contributed by atoms with van der Waals surface area (Å²) in [5, 5.41) is 20.6. The van der Waals surface area contributed by atoms with Gasteiger partial charge in [-0.3, -0.25) is 29.3 Å². The number of nitro groups is 1. The van der Waals surface area contributed by atoms with Crippen LogP contribution in [-0.2, 0) is 38.1 Å². The molecular formula is C22H24N2O12S. The maximum Gasteiger partial charge on any atom is 0.514 e. The van der Waals surface area contributed by atoms with E-state index in [9.17, 15) is 39.2 Å². The zero-order valence-electron chi connectivity index (χ0n) is 19.9. The van der Waals surface area contributed by atoms with E-state index in [1.54, 1.807) is 6.07 Å². The molecule has 2 aliphatic heterocycles. The molecule has 1 N–H and O–H groups in total. The molecule has 14 nitrogen and oxygen atoms in total. The van der Waals surface area contributed by atoms with E-state index < -0.39 is 82.5 Å². The van der Waals surface area contributed by atoms with Crippen LogP contribution in [0.2, 0.25) is 0 Å². The third kappa shape index (κ3) is 5.60. The number of fused-ring (bicyclic) bond motifs is 1. The van der Waals surface area contributed by atoms with Crippen molar-refractivity contribution >= 4 is 41.7 Å². The Balaban J connectivity index is 1.76. The normalized spacial score (nSPS) is 25.6. The number of hydrogen-bond donors (Lipinski definition) is 1. The molecule has 1 aromatic carbocycles. The van der Waals surface area contributed by atoms with Crippen molar-refractivity contribution in [2.75, 3.05) is 13.2 Å². The molecule has 6 atom stereocenters. The van der Waals surface area contributed by atoms with E-state index in [1.807, 2.05) is 0 Å². The van der Waals surface area contributed by atoms with E-state index in [1.165, 1.54) is 36.1 Å². The maximum absolute atomic E-state index is 13.1. The van der Waals surface area contributed by atoms with Crippen LogP contribution in [-0.4, -0.2) is 80.4 Å². The molecule has 2 aliphatic rings. The molecule has 3 rings (SSSR count). The van der Waals surface area contributed by atoms with Gasteiger partial charge < -0.3 is 29.0 Å². The number of rotatable bonds is 10. The fraction of sp³-hybridized carbons (Fsp3) is 0.500. The molecule has 15 heteroatoms. The smallest absolute Gasteiger partial charge is 0.480 e. The monoisotopic (exact) mass is 540 g/mol. The highest BCUT2D eigenvalue weighted by molar-refractivity contribution is 8.02. The van der Waals surface area contributed by atoms with Crippen LogP contribution in [0.5, 0.6) is 0 Å². The molecular weight excluding hydrogens is 516 g/mol. The van der Waals surface area contributed by atoms with E-state index in [0.717, 1.165) is 25.6 Å². The number of esters is 2. The summed E-state index contributed by atoms with van der Waals surface area (Å²) in [5.41, 5.74) is 0.0966. The SMILES string of the molecule is CC(=O)OCC1N2C(=O)C(C(C)OC(=O)OC(c3ccccc3)[N+](=O)[O-])[C@H]2SC1(COC(C)=O)C(=O)O. The molecule has 5 unspecified atom stereocenters. The molecule has 0 aliphatic carbocycles. The van der Waals surface area contributed by atoms with Crippen LogP contribution < -0.4 is 0 Å². The lowest BCUT2D eigenvalue weighted by Crippen LogP contribution is -2.66. The summed E-state index contributed by atoms with van der Waals surface area (Å²) in [7, 11) is 0. The van der Waals surface area contributed by atoms with Gasteiger partial charge in [-0.2, -0.15) is 0 Å². The Hall–Kier alpha value is -3.88. The minimum absolute atomic E-state index is 0.0966. The topological polar surface area (TPSA) is 189 Å². The number of thioether (sulfide) groups is 1. The van der Waals surface area contributed by atoms with Crippen molar-refractivity contribution in [3.8, 4) is 0 Å². The van der Waals surface area contributed by atoms with Gasteiger partial charge in [0, 0.05) is 13.8 Å². The fourth-order valence-corrected chi connectivity index (χ4v) is 5.97. The van der Waals surface area contributed by atoms with Crippen molar-refractivity contribution in [2.24, 2.45) is 5.92 Å². The van der Waals surface area contributed by atoms with Crippen LogP contribution in [0.25, 0.3) is 0 Å². The highest BCUT2D eigenvalue weighted by Gasteiger charge is 2.69. The van der Waals surface area contributed by atoms with Gasteiger partial charge >= 0.3 is 30.3 Å². The molecule has 0 aromatic heterocycles. The summed E-state index contributed by atoms with van der Waals surface area (Å²) in [4.78, 5) is 72.3. The second-order valence-electron chi connectivity index (χ2n) is 8.31. The number of β-lactam (4-membered cyclic amide) rings is 1. The second kappa shape index (κ2) is 11.0. The predicted octanol–water partition coefficient (Wildman–Crippen LogP) is 1.35. The number of benzene rings is 1. The molecule has 2 saturated heterocycles. The van der Waals surface area contributed by atoms with Crippen LogP contribution in [0.3, 0.4) is 0 Å². The summed E-state index contributed by atoms with van der Waals surface area (Å²) >= 11 is 0.797. The highest BCUT2D eigenvalue weighted by Crippen LogP contribution is 2.55. The standard InChI is InChI=1S/C22H24N2O12S/c1-11(35-21(30)36-18(24(31)32)14-7-5-4-6-8-14)16-17(27)23-15(9-33-12(2)25)22(20(28)29,37-19(16)23)10-34-13(3)26/h4-8,11,15-16,18-19H,9-10H2,1-3H3,(H,28,29)/t11?,15?,16?,18?,19-,22?/m1/s1. The Morgan fingerprint density at radius 2 is 1.76 bits per heavy atom. The quantitative estimate of drug-likeness (QED) is 0.112. The van der Waals surface area contributed by atoms with Gasteiger partial charge in [-0.15, -0.1) is 11.8 Å². The molecule has 0 saturated carbocycles. The molecule has 0 radical (unpaired) electrons. The van der Waals surface area contributed by atoms with Crippen LogP contribution in [0.4, 0.5) is 4.79 Å². The number of carbonyl (C=O) groups is 5. The first-order valence-electron chi connectivity index (χ1n) is 10.9. The van der Waals surface area contributed by atoms with E-state index in [2.05, 4.69) is 0 Å². The number of ether oxygens (including phenoxy) is 4. The van der Waals surface area contributed by atoms with Gasteiger partial charge in [0.1, 0.15) is 25.2 Å². The number of carboxylic acid groups (broad SMARTS) is 1. The van der Waals surface area contributed by atoms with E-state index in [-0.39, 0.29) is 5.56 Å². The number of carbonyl (C=O) groups excluding carboxylic acids is 4. The molecule has 1 aromatic rings. The lowest BCUT2D eigenvalue weighted by molar-refractivity contribution is -0.576. The van der Waals surface area contributed by atoms with Crippen molar-refractivity contribution in [3.05, 3.63) is 46.0 Å². The minimum atomic E-state index is -1.86. The summed E-state index contributed by atoms with van der Waals surface area (Å²) in [6.07, 6.45) is -4.40. The van der Waals surface area contributed by atoms with Crippen molar-refractivity contribution in [3.63, 3.8) is 0 Å². The van der Waals surface area contributed by atoms with Crippen molar-refractivity contribution < 1.29 is 52.9 Å². The molecule has 0 spiro atoms. The molecule has 2 fully saturated rings. The number of aliphatic carboxylic acids is 1. The Morgan fingerprint density at radius 3 is 2.30 bits per heavy atom. The first-order valence-corrected chi connectivity index (χ1v) is 11.8.